The van der Waals surface area contributed by atoms with E-state index in [1.807, 2.05) is 39.5 Å². The Labute approximate surface area is 83.7 Å². The van der Waals surface area contributed by atoms with Gasteiger partial charge in [0.05, 0.1) is 0 Å². The first-order valence-corrected chi connectivity index (χ1v) is 6.35. The third kappa shape index (κ3) is 31.7. The van der Waals surface area contributed by atoms with Crippen LogP contribution in [0, 0.1) is 0 Å². The van der Waals surface area contributed by atoms with Gasteiger partial charge in [0.25, 0.3) is 0 Å². The Bertz CT molecular complexity index is 34.8. The van der Waals surface area contributed by atoms with Crippen LogP contribution < -0.4 is 5.32 Å². The van der Waals surface area contributed by atoms with Gasteiger partial charge in [0.15, 0.2) is 0 Å². The van der Waals surface area contributed by atoms with Gasteiger partial charge in [0.1, 0.15) is 0 Å². The van der Waals surface area contributed by atoms with Crippen LogP contribution in [0.2, 0.25) is 0 Å². The third-order valence-electron chi connectivity index (χ3n) is 0.877. The van der Waals surface area contributed by atoms with E-state index in [2.05, 4.69) is 19.2 Å². The molecule has 0 atom stereocenters. The average molecular weight is 193 g/mol. The van der Waals surface area contributed by atoms with E-state index in [9.17, 15) is 0 Å². The third-order valence-corrected chi connectivity index (χ3v) is 1.78. The van der Waals surface area contributed by atoms with Gasteiger partial charge in [-0.1, -0.05) is 41.5 Å². The average Bonchev–Trinajstić information content (AvgIpc) is 2.19. The molecule has 0 aliphatic carbocycles. The van der Waals surface area contributed by atoms with Gasteiger partial charge in [-0.15, -0.1) is 0 Å². The van der Waals surface area contributed by atoms with Crippen molar-refractivity contribution < 1.29 is 0 Å². The maximum absolute atomic E-state index is 3.26. The summed E-state index contributed by atoms with van der Waals surface area (Å²) in [6, 6.07) is 0. The molecule has 78 valence electrons. The number of nitrogens with one attached hydrogen (secondary N) is 1. The summed E-state index contributed by atoms with van der Waals surface area (Å²) in [6.45, 7) is 14.6. The van der Waals surface area contributed by atoms with E-state index in [-0.39, 0.29) is 0 Å². The molecule has 0 spiro atoms. The van der Waals surface area contributed by atoms with E-state index < -0.39 is 0 Å². The Kier molecular flexibility index (Phi) is 45.7. The fourth-order valence-corrected chi connectivity index (χ4v) is 1.04. The molecule has 0 aliphatic heterocycles. The second kappa shape index (κ2) is 30.2. The first-order chi connectivity index (χ1) is 5.91. The molecule has 0 aromatic carbocycles. The summed E-state index contributed by atoms with van der Waals surface area (Å²) in [4.78, 5) is 0. The van der Waals surface area contributed by atoms with Gasteiger partial charge in [-0.25, -0.2) is 0 Å². The van der Waals surface area contributed by atoms with Gasteiger partial charge in [0.2, 0.25) is 0 Å². The summed E-state index contributed by atoms with van der Waals surface area (Å²) in [5, 5.41) is 3.26. The van der Waals surface area contributed by atoms with Crippen molar-refractivity contribution in [1.29, 1.82) is 0 Å². The fourth-order valence-electron chi connectivity index (χ4n) is 0.465. The monoisotopic (exact) mass is 193 g/mol. The lowest BCUT2D eigenvalue weighted by Crippen LogP contribution is -2.15. The van der Waals surface area contributed by atoms with Crippen molar-refractivity contribution in [2.45, 2.75) is 41.5 Å². The summed E-state index contributed by atoms with van der Waals surface area (Å²) in [5.41, 5.74) is 0. The molecule has 0 saturated carbocycles. The molecule has 0 aromatic rings. The molecule has 2 heteroatoms. The molecule has 0 unspecified atom stereocenters. The molecule has 0 aromatic heterocycles. The smallest absolute Gasteiger partial charge is 0.00579 e. The Morgan fingerprint density at radius 2 is 1.50 bits per heavy atom. The topological polar surface area (TPSA) is 12.0 Å². The van der Waals surface area contributed by atoms with Crippen LogP contribution in [0.25, 0.3) is 0 Å². The van der Waals surface area contributed by atoms with Crippen molar-refractivity contribution in [2.75, 3.05) is 24.6 Å². The fraction of sp³-hybridized carbons (Fsp3) is 1.00. The van der Waals surface area contributed by atoms with Gasteiger partial charge >= 0.3 is 0 Å². The zero-order valence-electron chi connectivity index (χ0n) is 9.74. The lowest BCUT2D eigenvalue weighted by Gasteiger charge is -1.97. The first-order valence-electron chi connectivity index (χ1n) is 5.20. The minimum absolute atomic E-state index is 1.10. The van der Waals surface area contributed by atoms with Crippen molar-refractivity contribution >= 4 is 11.8 Å². The molecule has 0 rings (SSSR count). The molecule has 0 fully saturated rings. The Morgan fingerprint density at radius 1 is 1.00 bits per heavy atom. The van der Waals surface area contributed by atoms with Crippen LogP contribution in [-0.2, 0) is 0 Å². The molecule has 0 radical (unpaired) electrons. The van der Waals surface area contributed by atoms with Crippen LogP contribution >= 0.6 is 11.8 Å². The molecule has 0 amide bonds. The lowest BCUT2D eigenvalue weighted by atomic mass is 10.7. The molecule has 12 heavy (non-hydrogen) atoms. The maximum atomic E-state index is 3.26. The van der Waals surface area contributed by atoms with Crippen LogP contribution in [0.15, 0.2) is 0 Å². The van der Waals surface area contributed by atoms with Crippen molar-refractivity contribution in [2.24, 2.45) is 0 Å². The van der Waals surface area contributed by atoms with Crippen LogP contribution in [0.5, 0.6) is 0 Å². The van der Waals surface area contributed by atoms with Gasteiger partial charge < -0.3 is 5.32 Å². The summed E-state index contributed by atoms with van der Waals surface area (Å²) in [6.07, 6.45) is 0. The standard InChI is InChI=1S/C6H15NS.2C2H6/c1-3-7-5-6-8-4-2;2*1-2/h7H,3-6H2,1-2H3;2*1-2H3. The lowest BCUT2D eigenvalue weighted by molar-refractivity contribution is 0.768. The predicted octanol–water partition coefficient (Wildman–Crippen LogP) is 3.40. The van der Waals surface area contributed by atoms with E-state index >= 15 is 0 Å². The molecule has 0 bridgehead atoms. The molecule has 1 nitrogen and oxygen atoms in total. The molecule has 0 saturated heterocycles. The van der Waals surface area contributed by atoms with E-state index in [0.29, 0.717) is 0 Å². The highest BCUT2D eigenvalue weighted by Crippen LogP contribution is 1.94. The molecule has 0 aliphatic rings. The second-order valence-electron chi connectivity index (χ2n) is 1.55. The quantitative estimate of drug-likeness (QED) is 0.672. The van der Waals surface area contributed by atoms with E-state index in [1.54, 1.807) is 0 Å². The largest absolute Gasteiger partial charge is 0.316 e. The molecule has 0 heterocycles. The number of rotatable bonds is 5. The first kappa shape index (κ1) is 18.2. The Hall–Kier alpha value is 0.310. The van der Waals surface area contributed by atoms with Gasteiger partial charge in [-0.05, 0) is 12.3 Å². The molecule has 1 N–H and O–H groups in total. The highest BCUT2D eigenvalue weighted by Gasteiger charge is 1.81. The van der Waals surface area contributed by atoms with Crippen LogP contribution in [0.1, 0.15) is 41.5 Å². The Balaban J connectivity index is -0.000000175. The summed E-state index contributed by atoms with van der Waals surface area (Å²) in [5.74, 6) is 2.50. The highest BCUT2D eigenvalue weighted by atomic mass is 32.2. The maximum Gasteiger partial charge on any atom is 0.00579 e. The number of hydrogen-bond donors (Lipinski definition) is 1. The SMILES string of the molecule is CC.CC.CCNCCSCC. The minimum atomic E-state index is 1.10. The van der Waals surface area contributed by atoms with Gasteiger partial charge in [0, 0.05) is 12.3 Å². The van der Waals surface area contributed by atoms with E-state index in [1.165, 1.54) is 11.5 Å². The second-order valence-corrected chi connectivity index (χ2v) is 2.94. The number of thioether (sulfide) groups is 1. The van der Waals surface area contributed by atoms with Crippen molar-refractivity contribution in [3.8, 4) is 0 Å². The van der Waals surface area contributed by atoms with Crippen LogP contribution in [0.4, 0.5) is 0 Å². The highest BCUT2D eigenvalue weighted by molar-refractivity contribution is 7.99. The Morgan fingerprint density at radius 3 is 1.83 bits per heavy atom. The van der Waals surface area contributed by atoms with Crippen molar-refractivity contribution in [3.05, 3.63) is 0 Å². The zero-order valence-corrected chi connectivity index (χ0v) is 10.6. The normalized spacial score (nSPS) is 7.50. The summed E-state index contributed by atoms with van der Waals surface area (Å²) in [7, 11) is 0. The van der Waals surface area contributed by atoms with Crippen molar-refractivity contribution in [1.82, 2.24) is 5.32 Å². The van der Waals surface area contributed by atoms with E-state index in [4.69, 9.17) is 0 Å². The van der Waals surface area contributed by atoms with E-state index in [0.717, 1.165) is 13.1 Å². The molecular weight excluding hydrogens is 166 g/mol. The summed E-state index contributed by atoms with van der Waals surface area (Å²) >= 11 is 1.99. The van der Waals surface area contributed by atoms with Gasteiger partial charge in [-0.3, -0.25) is 0 Å². The minimum Gasteiger partial charge on any atom is -0.316 e. The summed E-state index contributed by atoms with van der Waals surface area (Å²) < 4.78 is 0. The van der Waals surface area contributed by atoms with Crippen molar-refractivity contribution in [3.63, 3.8) is 0 Å². The predicted molar refractivity (Wildman–Crippen MR) is 64.2 cm³/mol. The van der Waals surface area contributed by atoms with Gasteiger partial charge in [-0.2, -0.15) is 11.8 Å². The zero-order chi connectivity index (χ0) is 10.2. The van der Waals surface area contributed by atoms with Crippen LogP contribution in [0.3, 0.4) is 0 Å². The van der Waals surface area contributed by atoms with Crippen LogP contribution in [-0.4, -0.2) is 24.6 Å². The number of hydrogen-bond acceptors (Lipinski definition) is 2. The molecular formula is C10H27NS.